The smallest absolute Gasteiger partial charge is 0.244 e. The summed E-state index contributed by atoms with van der Waals surface area (Å²) in [6.45, 7) is 4.61. The van der Waals surface area contributed by atoms with Crippen molar-refractivity contribution < 1.29 is 14.3 Å². The fraction of sp³-hybridized carbons (Fsp3) is 0.471. The maximum atomic E-state index is 11.8. The lowest BCUT2D eigenvalue weighted by Gasteiger charge is -2.10. The Hall–Kier alpha value is -1.97. The molecule has 1 aromatic carbocycles. The van der Waals surface area contributed by atoms with Gasteiger partial charge in [0.2, 0.25) is 5.91 Å². The molecule has 1 atom stereocenters. The average Bonchev–Trinajstić information content (AvgIpc) is 3.16. The molecule has 1 N–H and O–H groups in total. The maximum absolute atomic E-state index is 11.8. The topological polar surface area (TPSA) is 47.6 Å². The maximum Gasteiger partial charge on any atom is 0.244 e. The molecule has 1 saturated carbocycles. The molecule has 4 heteroatoms. The number of carbonyl (C=O) groups is 1. The lowest BCUT2D eigenvalue weighted by molar-refractivity contribution is -0.116. The molecule has 1 aromatic rings. The first-order valence-electron chi connectivity index (χ1n) is 7.60. The first-order chi connectivity index (χ1) is 10.2. The molecular weight excluding hydrogens is 266 g/mol. The Labute approximate surface area is 125 Å². The van der Waals surface area contributed by atoms with Crippen LogP contribution in [0.5, 0.6) is 11.5 Å². The summed E-state index contributed by atoms with van der Waals surface area (Å²) in [6, 6.07) is 4.36. The second kappa shape index (κ2) is 5.80. The quantitative estimate of drug-likeness (QED) is 0.847. The number of carbonyl (C=O) groups excluding carboxylic acids is 1. The Morgan fingerprint density at radius 2 is 2.29 bits per heavy atom. The fourth-order valence-corrected chi connectivity index (χ4v) is 2.51. The molecule has 0 radical (unpaired) electrons. The minimum absolute atomic E-state index is 0.0465. The van der Waals surface area contributed by atoms with E-state index in [-0.39, 0.29) is 12.0 Å². The first kappa shape index (κ1) is 14.0. The van der Waals surface area contributed by atoms with Crippen molar-refractivity contribution in [3.05, 3.63) is 29.3 Å². The van der Waals surface area contributed by atoms with E-state index in [1.54, 1.807) is 12.2 Å². The number of fused-ring (bicyclic) bond motifs is 1. The summed E-state index contributed by atoms with van der Waals surface area (Å²) in [7, 11) is 0. The normalized spacial score (nSPS) is 20.2. The fourth-order valence-electron chi connectivity index (χ4n) is 2.51. The van der Waals surface area contributed by atoms with E-state index in [9.17, 15) is 4.79 Å². The predicted octanol–water partition coefficient (Wildman–Crippen LogP) is 2.70. The van der Waals surface area contributed by atoms with Crippen LogP contribution >= 0.6 is 0 Å². The minimum Gasteiger partial charge on any atom is -0.493 e. The lowest BCUT2D eigenvalue weighted by atomic mass is 10.1. The molecule has 1 amide bonds. The third-order valence-corrected chi connectivity index (χ3v) is 3.67. The molecule has 0 saturated heterocycles. The van der Waals surface area contributed by atoms with Crippen molar-refractivity contribution in [1.29, 1.82) is 0 Å². The van der Waals surface area contributed by atoms with Gasteiger partial charge in [-0.1, -0.05) is 0 Å². The molecule has 1 heterocycles. The zero-order valence-corrected chi connectivity index (χ0v) is 12.5. The average molecular weight is 287 g/mol. The van der Waals surface area contributed by atoms with Crippen LogP contribution in [0.25, 0.3) is 6.08 Å². The van der Waals surface area contributed by atoms with E-state index in [4.69, 9.17) is 9.47 Å². The van der Waals surface area contributed by atoms with E-state index < -0.39 is 0 Å². The zero-order chi connectivity index (χ0) is 14.8. The summed E-state index contributed by atoms with van der Waals surface area (Å²) >= 11 is 0. The van der Waals surface area contributed by atoms with E-state index in [1.807, 2.05) is 19.1 Å². The minimum atomic E-state index is -0.0465. The monoisotopic (exact) mass is 287 g/mol. The van der Waals surface area contributed by atoms with E-state index in [0.29, 0.717) is 12.6 Å². The number of amides is 1. The second-order valence-corrected chi connectivity index (χ2v) is 5.68. The Morgan fingerprint density at radius 3 is 3.00 bits per heavy atom. The van der Waals surface area contributed by atoms with Crippen molar-refractivity contribution in [2.75, 3.05) is 6.61 Å². The SMILES string of the molecule is CCOc1cc2c(cc1/C=C/C(=O)NC1CC1)O[C@@H](C)C2. The molecule has 0 spiro atoms. The summed E-state index contributed by atoms with van der Waals surface area (Å²) in [5.74, 6) is 1.66. The molecule has 1 aliphatic carbocycles. The van der Waals surface area contributed by atoms with Crippen molar-refractivity contribution in [2.24, 2.45) is 0 Å². The molecule has 1 fully saturated rings. The molecule has 3 rings (SSSR count). The van der Waals surface area contributed by atoms with Gasteiger partial charge in [-0.3, -0.25) is 4.79 Å². The van der Waals surface area contributed by atoms with Gasteiger partial charge in [0.15, 0.2) is 0 Å². The van der Waals surface area contributed by atoms with Gasteiger partial charge >= 0.3 is 0 Å². The van der Waals surface area contributed by atoms with Gasteiger partial charge < -0.3 is 14.8 Å². The molecular formula is C17H21NO3. The summed E-state index contributed by atoms with van der Waals surface area (Å²) in [5, 5.41) is 2.94. The Kier molecular flexibility index (Phi) is 3.86. The highest BCUT2D eigenvalue weighted by Crippen LogP contribution is 2.35. The van der Waals surface area contributed by atoms with Crippen LogP contribution in [0.3, 0.4) is 0 Å². The van der Waals surface area contributed by atoms with Crippen LogP contribution in [0.2, 0.25) is 0 Å². The highest BCUT2D eigenvalue weighted by atomic mass is 16.5. The third kappa shape index (κ3) is 3.38. The summed E-state index contributed by atoms with van der Waals surface area (Å²) < 4.78 is 11.5. The van der Waals surface area contributed by atoms with Crippen molar-refractivity contribution in [1.82, 2.24) is 5.32 Å². The van der Waals surface area contributed by atoms with Gasteiger partial charge in [0, 0.05) is 29.7 Å². The first-order valence-corrected chi connectivity index (χ1v) is 7.60. The van der Waals surface area contributed by atoms with Crippen LogP contribution in [0.1, 0.15) is 37.8 Å². The number of hydrogen-bond donors (Lipinski definition) is 1. The molecule has 21 heavy (non-hydrogen) atoms. The van der Waals surface area contributed by atoms with Gasteiger partial charge in [-0.05, 0) is 44.9 Å². The van der Waals surface area contributed by atoms with E-state index in [1.165, 1.54) is 5.56 Å². The van der Waals surface area contributed by atoms with Gasteiger partial charge in [0.1, 0.15) is 17.6 Å². The van der Waals surface area contributed by atoms with Crippen LogP contribution in [-0.2, 0) is 11.2 Å². The lowest BCUT2D eigenvalue weighted by Crippen LogP contribution is -2.22. The van der Waals surface area contributed by atoms with Crippen LogP contribution in [0, 0.1) is 0 Å². The standard InChI is InChI=1S/C17H21NO3/c1-3-20-15-10-13-8-11(2)21-16(13)9-12(15)4-7-17(19)18-14-5-6-14/h4,7,9-11,14H,3,5-6,8H2,1-2H3,(H,18,19)/b7-4+/t11-/m0/s1. The van der Waals surface area contributed by atoms with Gasteiger partial charge in [0.25, 0.3) is 0 Å². The van der Waals surface area contributed by atoms with Crippen LogP contribution < -0.4 is 14.8 Å². The van der Waals surface area contributed by atoms with E-state index >= 15 is 0 Å². The molecule has 2 aliphatic rings. The van der Waals surface area contributed by atoms with Crippen LogP contribution in [0.15, 0.2) is 18.2 Å². The van der Waals surface area contributed by atoms with Gasteiger partial charge in [-0.2, -0.15) is 0 Å². The number of nitrogens with one attached hydrogen (secondary N) is 1. The highest BCUT2D eigenvalue weighted by molar-refractivity contribution is 5.92. The Morgan fingerprint density at radius 1 is 1.48 bits per heavy atom. The molecule has 0 aromatic heterocycles. The summed E-state index contributed by atoms with van der Waals surface area (Å²) in [5.41, 5.74) is 2.06. The summed E-state index contributed by atoms with van der Waals surface area (Å²) in [6.07, 6.45) is 6.66. The van der Waals surface area contributed by atoms with Crippen molar-refractivity contribution in [2.45, 2.75) is 45.3 Å². The number of hydrogen-bond acceptors (Lipinski definition) is 3. The van der Waals surface area contributed by atoms with Crippen molar-refractivity contribution >= 4 is 12.0 Å². The zero-order valence-electron chi connectivity index (χ0n) is 12.5. The molecule has 0 bridgehead atoms. The molecule has 1 aliphatic heterocycles. The largest absolute Gasteiger partial charge is 0.493 e. The van der Waals surface area contributed by atoms with Gasteiger partial charge in [-0.25, -0.2) is 0 Å². The molecule has 112 valence electrons. The number of benzene rings is 1. The van der Waals surface area contributed by atoms with E-state index in [0.717, 1.165) is 36.3 Å². The Bertz CT molecular complexity index is 576. The predicted molar refractivity (Wildman–Crippen MR) is 81.6 cm³/mol. The van der Waals surface area contributed by atoms with Crippen LogP contribution in [-0.4, -0.2) is 24.7 Å². The van der Waals surface area contributed by atoms with Gasteiger partial charge in [0.05, 0.1) is 6.61 Å². The van der Waals surface area contributed by atoms with Crippen LogP contribution in [0.4, 0.5) is 0 Å². The van der Waals surface area contributed by atoms with Crippen molar-refractivity contribution in [3.8, 4) is 11.5 Å². The van der Waals surface area contributed by atoms with E-state index in [2.05, 4.69) is 12.2 Å². The van der Waals surface area contributed by atoms with Crippen molar-refractivity contribution in [3.63, 3.8) is 0 Å². The number of rotatable bonds is 5. The van der Waals surface area contributed by atoms with Gasteiger partial charge in [-0.15, -0.1) is 0 Å². The second-order valence-electron chi connectivity index (χ2n) is 5.68. The number of ether oxygens (including phenoxy) is 2. The highest BCUT2D eigenvalue weighted by Gasteiger charge is 2.23. The molecule has 0 unspecified atom stereocenters. The Balaban J connectivity index is 1.80. The molecule has 4 nitrogen and oxygen atoms in total. The summed E-state index contributed by atoms with van der Waals surface area (Å²) in [4.78, 5) is 11.8. The third-order valence-electron chi connectivity index (χ3n) is 3.67.